The minimum atomic E-state index is -3.93. The van der Waals surface area contributed by atoms with E-state index < -0.39 is 21.5 Å². The predicted octanol–water partition coefficient (Wildman–Crippen LogP) is 4.07. The maximum Gasteiger partial charge on any atom is 0.325 e. The zero-order chi connectivity index (χ0) is 19.2. The van der Waals surface area contributed by atoms with Crippen LogP contribution in [0.5, 0.6) is 0 Å². The van der Waals surface area contributed by atoms with Gasteiger partial charge in [-0.25, -0.2) is 8.42 Å². The molecule has 0 amide bonds. The van der Waals surface area contributed by atoms with E-state index in [1.54, 1.807) is 17.4 Å². The Kier molecular flexibility index (Phi) is 4.46. The van der Waals surface area contributed by atoms with Gasteiger partial charge in [-0.2, -0.15) is 4.72 Å². The number of benzene rings is 1. The molecular formula is C19H17NO4S3. The topological polar surface area (TPSA) is 83.5 Å². The van der Waals surface area contributed by atoms with Gasteiger partial charge in [0, 0.05) is 20.5 Å². The fourth-order valence-corrected chi connectivity index (χ4v) is 6.87. The highest BCUT2D eigenvalue weighted by molar-refractivity contribution is 7.91. The lowest BCUT2D eigenvalue weighted by atomic mass is 10.1. The van der Waals surface area contributed by atoms with Gasteiger partial charge in [0.1, 0.15) is 9.75 Å². The molecule has 1 saturated carbocycles. The molecule has 3 aromatic rings. The van der Waals surface area contributed by atoms with Crippen LogP contribution in [0.4, 0.5) is 0 Å². The lowest BCUT2D eigenvalue weighted by molar-refractivity contribution is -0.140. The average molecular weight is 420 g/mol. The van der Waals surface area contributed by atoms with Gasteiger partial charge < -0.3 is 5.11 Å². The molecule has 2 atom stereocenters. The molecule has 0 saturated heterocycles. The molecule has 5 nitrogen and oxygen atoms in total. The second kappa shape index (κ2) is 6.56. The van der Waals surface area contributed by atoms with Crippen LogP contribution in [0, 0.1) is 6.92 Å². The van der Waals surface area contributed by atoms with Crippen LogP contribution < -0.4 is 4.72 Å². The van der Waals surface area contributed by atoms with Gasteiger partial charge in [0.15, 0.2) is 0 Å². The molecule has 4 rings (SSSR count). The first-order chi connectivity index (χ1) is 12.8. The lowest BCUT2D eigenvalue weighted by Gasteiger charge is -2.14. The molecule has 1 aliphatic rings. The number of hydrogen-bond donors (Lipinski definition) is 2. The molecule has 140 valence electrons. The minimum absolute atomic E-state index is 0.128. The largest absolute Gasteiger partial charge is 0.480 e. The highest BCUT2D eigenvalue weighted by Gasteiger charge is 2.63. The minimum Gasteiger partial charge on any atom is -0.480 e. The summed E-state index contributed by atoms with van der Waals surface area (Å²) in [5, 5.41) is 9.71. The summed E-state index contributed by atoms with van der Waals surface area (Å²) in [6.07, 6.45) is 0.244. The SMILES string of the molecule is Cc1ccc(-c2ccc(S(=O)(=O)N[C@@]3(C(=O)O)C[C@H]3c3ccccc3)s2)s1. The third kappa shape index (κ3) is 3.34. The number of aryl methyl sites for hydroxylation is 1. The van der Waals surface area contributed by atoms with E-state index in [1.165, 1.54) is 6.07 Å². The first kappa shape index (κ1) is 18.4. The maximum atomic E-state index is 12.9. The molecule has 0 aliphatic heterocycles. The number of aliphatic carboxylic acids is 1. The second-order valence-corrected chi connectivity index (χ2v) is 10.9. The number of carboxylic acid groups (broad SMARTS) is 1. The molecule has 2 N–H and O–H groups in total. The van der Waals surface area contributed by atoms with Crippen molar-refractivity contribution in [3.05, 3.63) is 65.0 Å². The number of carboxylic acids is 1. The molecule has 1 aliphatic carbocycles. The zero-order valence-corrected chi connectivity index (χ0v) is 16.8. The van der Waals surface area contributed by atoms with Crippen molar-refractivity contribution in [3.63, 3.8) is 0 Å². The van der Waals surface area contributed by atoms with E-state index in [0.29, 0.717) is 0 Å². The van der Waals surface area contributed by atoms with E-state index in [2.05, 4.69) is 4.72 Å². The van der Waals surface area contributed by atoms with Crippen LogP contribution in [0.1, 0.15) is 22.8 Å². The van der Waals surface area contributed by atoms with Gasteiger partial charge in [0.05, 0.1) is 0 Å². The van der Waals surface area contributed by atoms with E-state index >= 15 is 0 Å². The van der Waals surface area contributed by atoms with Gasteiger partial charge >= 0.3 is 5.97 Å². The zero-order valence-electron chi connectivity index (χ0n) is 14.4. The molecule has 2 aromatic heterocycles. The Morgan fingerprint density at radius 1 is 1.07 bits per heavy atom. The van der Waals surface area contributed by atoms with Gasteiger partial charge in [0.2, 0.25) is 0 Å². The van der Waals surface area contributed by atoms with E-state index in [4.69, 9.17) is 0 Å². The van der Waals surface area contributed by atoms with Crippen molar-refractivity contribution < 1.29 is 18.3 Å². The first-order valence-corrected chi connectivity index (χ1v) is 11.4. The predicted molar refractivity (Wildman–Crippen MR) is 107 cm³/mol. The quantitative estimate of drug-likeness (QED) is 0.631. The van der Waals surface area contributed by atoms with Gasteiger partial charge in [0.25, 0.3) is 10.0 Å². The molecule has 8 heteroatoms. The fraction of sp³-hybridized carbons (Fsp3) is 0.211. The van der Waals surface area contributed by atoms with Crippen LogP contribution in [-0.4, -0.2) is 25.0 Å². The van der Waals surface area contributed by atoms with Crippen LogP contribution in [0.3, 0.4) is 0 Å². The molecule has 2 heterocycles. The Hall–Kier alpha value is -2.00. The second-order valence-electron chi connectivity index (χ2n) is 6.58. The van der Waals surface area contributed by atoms with E-state index in [1.807, 2.05) is 49.4 Å². The molecule has 0 bridgehead atoms. The Balaban J connectivity index is 1.61. The number of nitrogens with one attached hydrogen (secondary N) is 1. The highest BCUT2D eigenvalue weighted by Crippen LogP contribution is 2.52. The van der Waals surface area contributed by atoms with Crippen LogP contribution in [0.25, 0.3) is 9.75 Å². The summed E-state index contributed by atoms with van der Waals surface area (Å²) in [5.41, 5.74) is -0.660. The molecule has 0 unspecified atom stereocenters. The van der Waals surface area contributed by atoms with Crippen molar-refractivity contribution in [1.82, 2.24) is 4.72 Å². The molecule has 27 heavy (non-hydrogen) atoms. The smallest absolute Gasteiger partial charge is 0.325 e. The number of sulfonamides is 1. The number of hydrogen-bond acceptors (Lipinski definition) is 5. The Bertz CT molecular complexity index is 1100. The van der Waals surface area contributed by atoms with Crippen LogP contribution in [0.2, 0.25) is 0 Å². The number of rotatable bonds is 6. The normalized spacial score (nSPS) is 21.9. The van der Waals surface area contributed by atoms with E-state index in [-0.39, 0.29) is 16.5 Å². The van der Waals surface area contributed by atoms with Crippen LogP contribution in [0.15, 0.2) is 58.8 Å². The summed E-state index contributed by atoms with van der Waals surface area (Å²) in [4.78, 5) is 14.9. The Labute approximate surface area is 165 Å². The standard InChI is InChI=1S/C19H17NO4S3/c1-12-7-8-15(25-12)16-9-10-17(26-16)27(23,24)20-19(18(21)22)11-14(19)13-5-3-2-4-6-13/h2-10,14,20H,11H2,1H3,(H,21,22)/t14-,19-/m0/s1. The number of thiophene rings is 2. The molecule has 1 aromatic carbocycles. The first-order valence-electron chi connectivity index (χ1n) is 8.31. The fourth-order valence-electron chi connectivity index (χ4n) is 3.20. The summed E-state index contributed by atoms with van der Waals surface area (Å²) in [5.74, 6) is -1.52. The van der Waals surface area contributed by atoms with Gasteiger partial charge in [-0.05, 0) is 43.2 Å². The van der Waals surface area contributed by atoms with Crippen molar-refractivity contribution in [3.8, 4) is 9.75 Å². The Morgan fingerprint density at radius 3 is 2.37 bits per heavy atom. The van der Waals surface area contributed by atoms with Crippen molar-refractivity contribution in [1.29, 1.82) is 0 Å². The Morgan fingerprint density at radius 2 is 1.74 bits per heavy atom. The highest BCUT2D eigenvalue weighted by atomic mass is 32.2. The average Bonchev–Trinajstić information content (AvgIpc) is 2.98. The monoisotopic (exact) mass is 419 g/mol. The summed E-state index contributed by atoms with van der Waals surface area (Å²) in [7, 11) is -3.93. The summed E-state index contributed by atoms with van der Waals surface area (Å²) in [6, 6.07) is 16.4. The number of carbonyl (C=O) groups is 1. The van der Waals surface area contributed by atoms with Gasteiger partial charge in [-0.3, -0.25) is 4.79 Å². The van der Waals surface area contributed by atoms with Crippen LogP contribution >= 0.6 is 22.7 Å². The van der Waals surface area contributed by atoms with E-state index in [0.717, 1.165) is 31.5 Å². The van der Waals surface area contributed by atoms with E-state index in [9.17, 15) is 18.3 Å². The van der Waals surface area contributed by atoms with Crippen LogP contribution in [-0.2, 0) is 14.8 Å². The molecule has 0 radical (unpaired) electrons. The molecular weight excluding hydrogens is 402 g/mol. The van der Waals surface area contributed by atoms with Gasteiger partial charge in [-0.15, -0.1) is 22.7 Å². The van der Waals surface area contributed by atoms with Gasteiger partial charge in [-0.1, -0.05) is 30.3 Å². The molecule has 0 spiro atoms. The summed E-state index contributed by atoms with van der Waals surface area (Å²) >= 11 is 2.74. The van der Waals surface area contributed by atoms with Crippen molar-refractivity contribution >= 4 is 38.7 Å². The maximum absolute atomic E-state index is 12.9. The third-order valence-corrected chi connectivity index (χ3v) is 8.97. The van der Waals surface area contributed by atoms with Crippen molar-refractivity contribution in [2.24, 2.45) is 0 Å². The van der Waals surface area contributed by atoms with Crippen molar-refractivity contribution in [2.45, 2.75) is 29.0 Å². The summed E-state index contributed by atoms with van der Waals surface area (Å²) < 4.78 is 28.3. The van der Waals surface area contributed by atoms with Crippen molar-refractivity contribution in [2.75, 3.05) is 0 Å². The summed E-state index contributed by atoms with van der Waals surface area (Å²) in [6.45, 7) is 1.99. The molecule has 1 fully saturated rings. The third-order valence-electron chi connectivity index (χ3n) is 4.69. The lowest BCUT2D eigenvalue weighted by Crippen LogP contribution is -2.44.